The molecule has 2 N–H and O–H groups in total. The molecule has 276 valence electrons. The number of halogens is 3. The molecule has 7 rings (SSSR count). The van der Waals surface area contributed by atoms with E-state index in [1.165, 1.54) is 4.90 Å². The smallest absolute Gasteiger partial charge is 0.423 e. The summed E-state index contributed by atoms with van der Waals surface area (Å²) in [5, 5.41) is 10.9. The number of ether oxygens (including phenoxy) is 1. The highest BCUT2D eigenvalue weighted by Crippen LogP contribution is 2.35. The third-order valence-electron chi connectivity index (χ3n) is 9.64. The fourth-order valence-electron chi connectivity index (χ4n) is 6.85. The number of nitrogens with zero attached hydrogens (tertiary/aromatic N) is 8. The van der Waals surface area contributed by atoms with Crippen LogP contribution in [0.25, 0.3) is 10.9 Å². The zero-order valence-electron chi connectivity index (χ0n) is 28.7. The lowest BCUT2D eigenvalue weighted by molar-refractivity contribution is -0.139. The minimum atomic E-state index is -4.61. The van der Waals surface area contributed by atoms with Crippen molar-refractivity contribution in [1.82, 2.24) is 34.3 Å². The number of alkyl halides is 3. The summed E-state index contributed by atoms with van der Waals surface area (Å²) in [5.74, 6) is -0.215. The van der Waals surface area contributed by atoms with Gasteiger partial charge in [0.05, 0.1) is 17.5 Å². The van der Waals surface area contributed by atoms with Gasteiger partial charge in [0, 0.05) is 89.1 Å². The molecule has 2 aromatic carbocycles. The summed E-state index contributed by atoms with van der Waals surface area (Å²) in [7, 11) is 1.63. The molecular formula is C34H39F3N10O4S. The van der Waals surface area contributed by atoms with Crippen molar-refractivity contribution in [3.05, 3.63) is 59.8 Å². The molecule has 14 nitrogen and oxygen atoms in total. The highest BCUT2D eigenvalue weighted by Gasteiger charge is 2.36. The Morgan fingerprint density at radius 2 is 1.79 bits per heavy atom. The zero-order chi connectivity index (χ0) is 36.6. The van der Waals surface area contributed by atoms with Gasteiger partial charge < -0.3 is 15.0 Å². The summed E-state index contributed by atoms with van der Waals surface area (Å²) in [6, 6.07) is 13.4. The SMILES string of the molecule is COc1nc(NC2CCN(S(=O)c3cccc(CN4CCN(c5ccc6c(N7CCC(=O)NC7=O)nn(C)c6c5)CC4)c3)CC2)ncc1C(F)(F)F. The van der Waals surface area contributed by atoms with Gasteiger partial charge in [-0.2, -0.15) is 23.3 Å². The van der Waals surface area contributed by atoms with E-state index in [0.29, 0.717) is 38.3 Å². The highest BCUT2D eigenvalue weighted by molar-refractivity contribution is 7.82. The molecule has 0 aliphatic carbocycles. The number of fused-ring (bicyclic) bond motifs is 1. The summed E-state index contributed by atoms with van der Waals surface area (Å²) in [5.41, 5.74) is 2.02. The Balaban J connectivity index is 0.913. The summed E-state index contributed by atoms with van der Waals surface area (Å²) in [6.45, 7) is 5.44. The molecule has 3 aliphatic rings. The van der Waals surface area contributed by atoms with Gasteiger partial charge in [-0.05, 0) is 48.7 Å². The number of hydrogen-bond donors (Lipinski definition) is 2. The average Bonchev–Trinajstić information content (AvgIpc) is 3.46. The van der Waals surface area contributed by atoms with Crippen LogP contribution >= 0.6 is 0 Å². The van der Waals surface area contributed by atoms with Crippen LogP contribution in [0.1, 0.15) is 30.4 Å². The van der Waals surface area contributed by atoms with E-state index >= 15 is 0 Å². The topological polar surface area (TPSA) is 141 Å². The van der Waals surface area contributed by atoms with Crippen LogP contribution in [0, 0.1) is 0 Å². The lowest BCUT2D eigenvalue weighted by Gasteiger charge is -2.36. The fraction of sp³-hybridized carbons (Fsp3) is 0.441. The Kier molecular flexibility index (Phi) is 10.0. The molecule has 3 aliphatic heterocycles. The van der Waals surface area contributed by atoms with E-state index in [1.807, 2.05) is 47.8 Å². The van der Waals surface area contributed by atoms with Crippen molar-refractivity contribution in [3.8, 4) is 5.88 Å². The molecule has 1 atom stereocenters. The molecule has 2 aromatic heterocycles. The molecule has 18 heteroatoms. The first-order valence-electron chi connectivity index (χ1n) is 17.0. The van der Waals surface area contributed by atoms with Crippen LogP contribution in [0.3, 0.4) is 0 Å². The number of hydrogen-bond acceptors (Lipinski definition) is 10. The van der Waals surface area contributed by atoms with E-state index < -0.39 is 34.6 Å². The molecule has 5 heterocycles. The average molecular weight is 741 g/mol. The summed E-state index contributed by atoms with van der Waals surface area (Å²) in [6.07, 6.45) is -2.42. The van der Waals surface area contributed by atoms with Gasteiger partial charge in [0.15, 0.2) is 5.82 Å². The normalized spacial score (nSPS) is 18.9. The number of nitrogens with one attached hydrogen (secondary N) is 2. The van der Waals surface area contributed by atoms with Gasteiger partial charge in [-0.15, -0.1) is 0 Å². The Morgan fingerprint density at radius 3 is 2.50 bits per heavy atom. The first-order valence-corrected chi connectivity index (χ1v) is 18.1. The molecule has 0 saturated carbocycles. The maximum atomic E-state index is 13.6. The van der Waals surface area contributed by atoms with E-state index in [4.69, 9.17) is 4.74 Å². The van der Waals surface area contributed by atoms with Crippen LogP contribution in [0.2, 0.25) is 0 Å². The van der Waals surface area contributed by atoms with Crippen LogP contribution in [-0.4, -0.2) is 104 Å². The van der Waals surface area contributed by atoms with Gasteiger partial charge >= 0.3 is 12.2 Å². The third-order valence-corrected chi connectivity index (χ3v) is 11.1. The number of rotatable bonds is 9. The number of imide groups is 1. The Labute approximate surface area is 300 Å². The Bertz CT molecular complexity index is 1990. The molecule has 4 aromatic rings. The van der Waals surface area contributed by atoms with Crippen LogP contribution in [-0.2, 0) is 35.5 Å². The Morgan fingerprint density at radius 1 is 1.02 bits per heavy atom. The zero-order valence-corrected chi connectivity index (χ0v) is 29.5. The second-order valence-electron chi connectivity index (χ2n) is 13.0. The maximum absolute atomic E-state index is 13.6. The van der Waals surface area contributed by atoms with Crippen molar-refractivity contribution < 1.29 is 31.7 Å². The van der Waals surface area contributed by atoms with Gasteiger partial charge in [-0.25, -0.2) is 18.3 Å². The van der Waals surface area contributed by atoms with Gasteiger partial charge in [-0.1, -0.05) is 12.1 Å². The van der Waals surface area contributed by atoms with Crippen LogP contribution in [0.4, 0.5) is 35.4 Å². The van der Waals surface area contributed by atoms with Crippen LogP contribution < -0.4 is 25.2 Å². The molecule has 0 bridgehead atoms. The van der Waals surface area contributed by atoms with Gasteiger partial charge in [0.2, 0.25) is 17.7 Å². The first kappa shape index (κ1) is 35.6. The molecule has 3 amide bonds. The number of benzene rings is 2. The molecule has 0 spiro atoms. The molecule has 3 saturated heterocycles. The standard InChI is InChI=1S/C34H39F3N10O4S/c1-43-28-19-24(6-7-26(28)30(42-43)47-13-10-29(48)40-33(47)49)45-16-14-44(15-17-45)21-22-4-3-5-25(18-22)52(50)46-11-8-23(9-12-46)39-32-38-20-27(34(35,36)37)31(41-32)51-2/h3-7,18-20,23H,8-17,21H2,1-2H3,(H,38,39,41)(H,40,48,49). The predicted octanol–water partition coefficient (Wildman–Crippen LogP) is 3.76. The minimum absolute atomic E-state index is 0.0615. The Hall–Kier alpha value is -4.81. The van der Waals surface area contributed by atoms with E-state index in [1.54, 1.807) is 4.68 Å². The monoisotopic (exact) mass is 740 g/mol. The summed E-state index contributed by atoms with van der Waals surface area (Å²) >= 11 is 0. The van der Waals surface area contributed by atoms with Crippen molar-refractivity contribution in [1.29, 1.82) is 0 Å². The lowest BCUT2D eigenvalue weighted by Crippen LogP contribution is -2.49. The number of aromatic nitrogens is 4. The number of aryl methyl sites for hydroxylation is 1. The first-order chi connectivity index (χ1) is 25.0. The number of piperazine rings is 1. The van der Waals surface area contributed by atoms with Crippen LogP contribution in [0.15, 0.2) is 53.6 Å². The number of carbonyl (C=O) groups is 2. The second-order valence-corrected chi connectivity index (χ2v) is 14.5. The van der Waals surface area contributed by atoms with E-state index in [9.17, 15) is 27.0 Å². The highest BCUT2D eigenvalue weighted by atomic mass is 32.2. The van der Waals surface area contributed by atoms with Crippen molar-refractivity contribution in [2.24, 2.45) is 7.05 Å². The molecule has 1 unspecified atom stereocenters. The van der Waals surface area contributed by atoms with Crippen molar-refractivity contribution in [2.75, 3.05) is 68.0 Å². The quantitative estimate of drug-likeness (QED) is 0.261. The van der Waals surface area contributed by atoms with E-state index in [2.05, 4.69) is 41.6 Å². The lowest BCUT2D eigenvalue weighted by atomic mass is 10.1. The van der Waals surface area contributed by atoms with Crippen molar-refractivity contribution in [3.63, 3.8) is 0 Å². The third kappa shape index (κ3) is 7.54. The number of carbonyl (C=O) groups excluding carboxylic acids is 2. The second kappa shape index (κ2) is 14.7. The summed E-state index contributed by atoms with van der Waals surface area (Å²) in [4.78, 5) is 38.8. The van der Waals surface area contributed by atoms with Gasteiger partial charge in [0.1, 0.15) is 16.5 Å². The number of anilines is 3. The largest absolute Gasteiger partial charge is 0.480 e. The fourth-order valence-corrected chi connectivity index (χ4v) is 8.13. The van der Waals surface area contributed by atoms with Gasteiger partial charge in [0.25, 0.3) is 0 Å². The summed E-state index contributed by atoms with van der Waals surface area (Å²) < 4.78 is 61.6. The van der Waals surface area contributed by atoms with Crippen molar-refractivity contribution >= 4 is 51.3 Å². The maximum Gasteiger partial charge on any atom is 0.423 e. The number of urea groups is 1. The minimum Gasteiger partial charge on any atom is -0.480 e. The van der Waals surface area contributed by atoms with Crippen LogP contribution in [0.5, 0.6) is 5.88 Å². The van der Waals surface area contributed by atoms with Gasteiger partial charge in [-0.3, -0.25) is 24.6 Å². The predicted molar refractivity (Wildman–Crippen MR) is 188 cm³/mol. The van der Waals surface area contributed by atoms with E-state index in [-0.39, 0.29) is 24.3 Å². The number of methoxy groups -OCH3 is 1. The van der Waals surface area contributed by atoms with Crippen molar-refractivity contribution in [2.45, 2.75) is 42.9 Å². The number of amides is 3. The number of piperidine rings is 1. The molecule has 0 radical (unpaired) electrons. The van der Waals surface area contributed by atoms with E-state index in [0.717, 1.165) is 73.1 Å². The molecule has 3 fully saturated rings. The molecule has 52 heavy (non-hydrogen) atoms. The molecular weight excluding hydrogens is 702 g/mol.